The Morgan fingerprint density at radius 1 is 0.976 bits per heavy atom. The summed E-state index contributed by atoms with van der Waals surface area (Å²) in [6, 6.07) is 0. The summed E-state index contributed by atoms with van der Waals surface area (Å²) in [7, 11) is -16.5. The minimum atomic E-state index is -6.57. The Morgan fingerprint density at radius 3 is 1.80 bits per heavy atom. The summed E-state index contributed by atoms with van der Waals surface area (Å²) in [5, 5.41) is -0.880. The topological polar surface area (TPSA) is 160 Å². The van der Waals surface area contributed by atoms with Gasteiger partial charge < -0.3 is 9.16 Å². The van der Waals surface area contributed by atoms with Crippen LogP contribution in [-0.2, 0) is 37.8 Å². The van der Waals surface area contributed by atoms with Crippen LogP contribution in [0.5, 0.6) is 0 Å². The van der Waals surface area contributed by atoms with Gasteiger partial charge in [0.1, 0.15) is 24.9 Å². The first-order valence-corrected chi connectivity index (χ1v) is 16.7. The molecule has 12 nitrogen and oxygen atoms in total. The van der Waals surface area contributed by atoms with Gasteiger partial charge in [-0.25, -0.2) is 9.18 Å². The highest BCUT2D eigenvalue weighted by atomic mass is 32.2. The molecule has 1 fully saturated rings. The van der Waals surface area contributed by atoms with Crippen LogP contribution in [0.3, 0.4) is 0 Å². The second-order valence-corrected chi connectivity index (χ2v) is 18.3. The molecule has 0 radical (unpaired) electrons. The number of aromatic amines is 1. The van der Waals surface area contributed by atoms with Crippen molar-refractivity contribution in [1.29, 1.82) is 0 Å². The standard InChI is InChI=1S/C18H24F8N2O10S2Si/c1-15(2,3)41(4,5)38-11-10(20)13(28-6-9(19)12(29)27-14(28)30)37-16(11,7-35-39(31,32)17(21,22)23)8-36-40(33,34)18(24,25)26/h6,10-11,13H,7-8H2,1-5H3,(H,27,29,30)/t10-,11-,13+/m0/s1. The van der Waals surface area contributed by atoms with Crippen LogP contribution in [-0.4, -0.2) is 76.8 Å². The van der Waals surface area contributed by atoms with Crippen molar-refractivity contribution in [1.82, 2.24) is 9.55 Å². The maximum atomic E-state index is 16.0. The third-order valence-corrected chi connectivity index (χ3v) is 12.8. The van der Waals surface area contributed by atoms with Gasteiger partial charge in [-0.1, -0.05) is 20.8 Å². The van der Waals surface area contributed by atoms with Gasteiger partial charge in [0.05, 0.1) is 6.20 Å². The molecule has 0 bridgehead atoms. The van der Waals surface area contributed by atoms with E-state index in [0.717, 1.165) is 0 Å². The molecule has 0 aliphatic carbocycles. The lowest BCUT2D eigenvalue weighted by atomic mass is 9.98. The van der Waals surface area contributed by atoms with Crippen LogP contribution in [0.15, 0.2) is 15.8 Å². The minimum absolute atomic E-state index is 0.00166. The Kier molecular flexibility index (Phi) is 9.44. The van der Waals surface area contributed by atoms with Crippen molar-refractivity contribution in [3.05, 3.63) is 32.9 Å². The number of hydrogen-bond acceptors (Lipinski definition) is 10. The Bertz CT molecular complexity index is 1420. The van der Waals surface area contributed by atoms with Gasteiger partial charge in [-0.2, -0.15) is 47.6 Å². The van der Waals surface area contributed by atoms with Crippen molar-refractivity contribution in [3.63, 3.8) is 0 Å². The van der Waals surface area contributed by atoms with Gasteiger partial charge in [0, 0.05) is 0 Å². The first-order valence-electron chi connectivity index (χ1n) is 11.0. The van der Waals surface area contributed by atoms with Crippen molar-refractivity contribution in [2.45, 2.75) is 74.0 Å². The zero-order chi connectivity index (χ0) is 32.2. The van der Waals surface area contributed by atoms with E-state index in [9.17, 15) is 57.2 Å². The molecule has 1 aliphatic rings. The van der Waals surface area contributed by atoms with Crippen LogP contribution in [0.4, 0.5) is 35.1 Å². The van der Waals surface area contributed by atoms with Crippen molar-refractivity contribution >= 4 is 28.6 Å². The van der Waals surface area contributed by atoms with Crippen molar-refractivity contribution in [2.75, 3.05) is 13.2 Å². The highest BCUT2D eigenvalue weighted by Crippen LogP contribution is 2.47. The normalized spacial score (nSPS) is 22.7. The fraction of sp³-hybridized carbons (Fsp3) is 0.778. The van der Waals surface area contributed by atoms with E-state index in [4.69, 9.17) is 9.16 Å². The molecule has 2 rings (SSSR count). The van der Waals surface area contributed by atoms with Gasteiger partial charge in [-0.15, -0.1) is 0 Å². The fourth-order valence-electron chi connectivity index (χ4n) is 3.10. The first kappa shape index (κ1) is 35.3. The quantitative estimate of drug-likeness (QED) is 0.179. The molecule has 0 spiro atoms. The maximum absolute atomic E-state index is 16.0. The lowest BCUT2D eigenvalue weighted by Gasteiger charge is -2.42. The molecule has 1 N–H and O–H groups in total. The average molecular weight is 673 g/mol. The smallest absolute Gasteiger partial charge is 0.408 e. The number of nitrogens with one attached hydrogen (secondary N) is 1. The molecule has 2 heterocycles. The number of aromatic nitrogens is 2. The number of hydrogen-bond donors (Lipinski definition) is 1. The molecule has 238 valence electrons. The number of halogens is 8. The number of nitrogens with zero attached hydrogens (tertiary/aromatic N) is 1. The summed E-state index contributed by atoms with van der Waals surface area (Å²) in [4.78, 5) is 25.1. The highest BCUT2D eigenvalue weighted by molar-refractivity contribution is 7.87. The van der Waals surface area contributed by atoms with Crippen LogP contribution in [0, 0.1) is 5.82 Å². The SMILES string of the molecule is CC(C)(C)[Si](C)(C)O[C@H]1[C@H](F)[C@H](n2cc(F)c(=O)[nH]c2=O)OC1(COS(=O)(=O)C(F)(F)F)COS(=O)(=O)C(F)(F)F. The second-order valence-electron chi connectivity index (χ2n) is 10.3. The molecular weight excluding hydrogens is 648 g/mol. The summed E-state index contributed by atoms with van der Waals surface area (Å²) in [6.45, 7) is 3.36. The van der Waals surface area contributed by atoms with Gasteiger partial charge in [-0.05, 0) is 18.1 Å². The Hall–Kier alpha value is -1.92. The van der Waals surface area contributed by atoms with Gasteiger partial charge in [-0.3, -0.25) is 22.7 Å². The summed E-state index contributed by atoms with van der Waals surface area (Å²) < 4.78 is 173. The van der Waals surface area contributed by atoms with E-state index in [2.05, 4.69) is 8.37 Å². The van der Waals surface area contributed by atoms with Crippen LogP contribution < -0.4 is 11.2 Å². The molecule has 0 amide bonds. The fourth-order valence-corrected chi connectivity index (χ4v) is 5.41. The summed E-state index contributed by atoms with van der Waals surface area (Å²) >= 11 is 0. The molecule has 0 saturated carbocycles. The van der Waals surface area contributed by atoms with Crippen LogP contribution in [0.2, 0.25) is 18.1 Å². The lowest BCUT2D eigenvalue weighted by molar-refractivity contribution is -0.144. The van der Waals surface area contributed by atoms with E-state index >= 15 is 4.39 Å². The molecule has 1 aliphatic heterocycles. The average Bonchev–Trinajstić information content (AvgIpc) is 3.03. The van der Waals surface area contributed by atoms with E-state index < -0.39 is 99.0 Å². The lowest BCUT2D eigenvalue weighted by Crippen LogP contribution is -2.57. The van der Waals surface area contributed by atoms with E-state index in [0.29, 0.717) is 0 Å². The molecule has 1 aromatic heterocycles. The maximum Gasteiger partial charge on any atom is 0.523 e. The molecular formula is C18H24F8N2O10S2Si. The molecule has 23 heteroatoms. The number of alkyl halides is 7. The minimum Gasteiger partial charge on any atom is -0.408 e. The summed E-state index contributed by atoms with van der Waals surface area (Å²) in [5.41, 5.74) is -18.7. The third kappa shape index (κ3) is 7.18. The Labute approximate surface area is 227 Å². The summed E-state index contributed by atoms with van der Waals surface area (Å²) in [5.74, 6) is -1.72. The van der Waals surface area contributed by atoms with E-state index in [-0.39, 0.29) is 10.8 Å². The molecule has 0 unspecified atom stereocenters. The number of H-pyrrole nitrogens is 1. The predicted molar refractivity (Wildman–Crippen MR) is 123 cm³/mol. The first-order chi connectivity index (χ1) is 18.1. The van der Waals surface area contributed by atoms with Crippen LogP contribution in [0.25, 0.3) is 0 Å². The molecule has 3 atom stereocenters. The van der Waals surface area contributed by atoms with Gasteiger partial charge in [0.25, 0.3) is 5.56 Å². The monoisotopic (exact) mass is 672 g/mol. The molecule has 0 aromatic carbocycles. The molecule has 41 heavy (non-hydrogen) atoms. The van der Waals surface area contributed by atoms with E-state index in [1.165, 1.54) is 18.1 Å². The van der Waals surface area contributed by atoms with E-state index in [1.54, 1.807) is 20.8 Å². The number of rotatable bonds is 9. The third-order valence-electron chi connectivity index (χ3n) is 6.35. The zero-order valence-corrected chi connectivity index (χ0v) is 24.2. The van der Waals surface area contributed by atoms with Gasteiger partial charge in [0.2, 0.25) is 5.82 Å². The van der Waals surface area contributed by atoms with E-state index in [1.807, 2.05) is 0 Å². The second kappa shape index (κ2) is 11.0. The molecule has 1 aromatic rings. The zero-order valence-electron chi connectivity index (χ0n) is 21.6. The Morgan fingerprint density at radius 2 is 1.41 bits per heavy atom. The van der Waals surface area contributed by atoms with Crippen LogP contribution >= 0.6 is 0 Å². The van der Waals surface area contributed by atoms with Crippen molar-refractivity contribution < 1.29 is 69.5 Å². The molecule has 1 saturated heterocycles. The largest absolute Gasteiger partial charge is 0.523 e. The highest BCUT2D eigenvalue weighted by Gasteiger charge is 2.63. The van der Waals surface area contributed by atoms with Crippen molar-refractivity contribution in [2.24, 2.45) is 0 Å². The van der Waals surface area contributed by atoms with Crippen LogP contribution in [0.1, 0.15) is 27.0 Å². The Balaban J connectivity index is 2.80. The summed E-state index contributed by atoms with van der Waals surface area (Å²) in [6.07, 6.45) is -7.81. The van der Waals surface area contributed by atoms with Crippen molar-refractivity contribution in [3.8, 4) is 0 Å². The van der Waals surface area contributed by atoms with Gasteiger partial charge >= 0.3 is 36.9 Å². The predicted octanol–water partition coefficient (Wildman–Crippen LogP) is 2.40. The number of ether oxygens (including phenoxy) is 1. The van der Waals surface area contributed by atoms with Gasteiger partial charge in [0.15, 0.2) is 20.7 Å².